The summed E-state index contributed by atoms with van der Waals surface area (Å²) in [6.07, 6.45) is 2.08. The Kier molecular flexibility index (Phi) is 15.6. The smallest absolute Gasteiger partial charge is 0.324 e. The van der Waals surface area contributed by atoms with Gasteiger partial charge in [-0.3, -0.25) is 10.1 Å². The number of hydrogen-bond donors (Lipinski definition) is 4. The van der Waals surface area contributed by atoms with Crippen molar-refractivity contribution in [3.8, 4) is 22.9 Å². The summed E-state index contributed by atoms with van der Waals surface area (Å²) >= 11 is 0. The number of anilines is 4. The van der Waals surface area contributed by atoms with Gasteiger partial charge in [0.05, 0.1) is 64.4 Å². The molecule has 2 heterocycles. The lowest BCUT2D eigenvalue weighted by molar-refractivity contribution is 0.0255. The van der Waals surface area contributed by atoms with Gasteiger partial charge in [0, 0.05) is 71.7 Å². The highest BCUT2D eigenvalue weighted by atomic mass is 31.2. The summed E-state index contributed by atoms with van der Waals surface area (Å²) in [5.74, 6) is 2.24. The number of fused-ring (bicyclic) bond motifs is 1. The largest absolute Gasteiger partial charge is 0.497 e. The van der Waals surface area contributed by atoms with Gasteiger partial charge in [0.15, 0.2) is 0 Å². The molecule has 3 amide bonds. The molecule has 63 heavy (non-hydrogen) atoms. The average molecular weight is 878 g/mol. The Morgan fingerprint density at radius 3 is 2.29 bits per heavy atom. The molecule has 0 aliphatic carbocycles. The molecular formula is C47H56N7O8P. The van der Waals surface area contributed by atoms with Crippen molar-refractivity contribution in [1.29, 1.82) is 0 Å². The van der Waals surface area contributed by atoms with Gasteiger partial charge in [-0.25, -0.2) is 14.5 Å². The standard InChI is InChI=1S/C47H56N7O8P/c1-47(2,3)42-30-44(54(53-42)35-12-10-11-32(25-35)31-63(6,7)57)52-46(56)51-40-15-16-41(39-14-9-8-13-38(39)40)62-36-17-18-48-43(29-36)50-34-26-33(27-37(28-34)59-5)45(55)49-19-20-60-23-24-61-22-21-58-4/h8-18,25-30H,19-24,31H2,1-7H3,(H,48,50)(H,49,55)(H2,51,52,56). The molecule has 6 rings (SSSR count). The molecule has 4 N–H and O–H groups in total. The van der Waals surface area contributed by atoms with Gasteiger partial charge in [-0.1, -0.05) is 57.2 Å². The fourth-order valence-corrected chi connectivity index (χ4v) is 7.62. The fraction of sp³-hybridized carbons (Fsp3) is 0.319. The zero-order valence-corrected chi connectivity index (χ0v) is 37.7. The second-order valence-corrected chi connectivity index (χ2v) is 19.7. The number of ether oxygens (including phenoxy) is 5. The molecule has 0 aliphatic rings. The Labute approximate surface area is 368 Å². The predicted octanol–water partition coefficient (Wildman–Crippen LogP) is 9.44. The maximum absolute atomic E-state index is 13.7. The van der Waals surface area contributed by atoms with Gasteiger partial charge < -0.3 is 44.2 Å². The number of nitrogens with one attached hydrogen (secondary N) is 4. The Balaban J connectivity index is 1.13. The summed E-state index contributed by atoms with van der Waals surface area (Å²) in [4.78, 5) is 31.2. The van der Waals surface area contributed by atoms with Crippen LogP contribution in [0.25, 0.3) is 16.5 Å². The number of methoxy groups -OCH3 is 2. The third-order valence-corrected chi connectivity index (χ3v) is 10.7. The number of amides is 3. The van der Waals surface area contributed by atoms with Crippen molar-refractivity contribution in [3.05, 3.63) is 120 Å². The number of pyridine rings is 1. The van der Waals surface area contributed by atoms with Crippen molar-refractivity contribution in [2.24, 2.45) is 0 Å². The van der Waals surface area contributed by atoms with Crippen LogP contribution in [0.2, 0.25) is 0 Å². The van der Waals surface area contributed by atoms with E-state index in [-0.39, 0.29) is 11.3 Å². The number of rotatable bonds is 20. The minimum absolute atomic E-state index is 0.283. The molecule has 4 aromatic carbocycles. The molecule has 15 nitrogen and oxygen atoms in total. The molecule has 16 heteroatoms. The predicted molar refractivity (Wildman–Crippen MR) is 248 cm³/mol. The second-order valence-electron chi connectivity index (χ2n) is 16.2. The first-order valence-electron chi connectivity index (χ1n) is 20.6. The number of carbonyl (C=O) groups is 2. The summed E-state index contributed by atoms with van der Waals surface area (Å²) in [7, 11) is 0.839. The van der Waals surface area contributed by atoms with Crippen molar-refractivity contribution in [2.75, 3.05) is 83.1 Å². The molecule has 0 aliphatic heterocycles. The van der Waals surface area contributed by atoms with Gasteiger partial charge in [-0.15, -0.1) is 0 Å². The topological polar surface area (TPSA) is 176 Å². The maximum Gasteiger partial charge on any atom is 0.324 e. The summed E-state index contributed by atoms with van der Waals surface area (Å²) < 4.78 is 42.1. The van der Waals surface area contributed by atoms with Crippen molar-refractivity contribution in [3.63, 3.8) is 0 Å². The second kappa shape index (κ2) is 21.2. The first kappa shape index (κ1) is 46.3. The zero-order valence-electron chi connectivity index (χ0n) is 36.8. The van der Waals surface area contributed by atoms with Crippen molar-refractivity contribution in [1.82, 2.24) is 20.1 Å². The van der Waals surface area contributed by atoms with Crippen molar-refractivity contribution < 1.29 is 37.8 Å². The SMILES string of the molecule is COCCOCCOCCNC(=O)c1cc(Nc2cc(Oc3ccc(NC(=O)Nc4cc(C(C)(C)C)nn4-c4cccc(CP(C)(C)=O)c4)c4ccccc34)ccn2)cc(OC)c1. The van der Waals surface area contributed by atoms with Gasteiger partial charge in [0.1, 0.15) is 28.9 Å². The lowest BCUT2D eigenvalue weighted by Gasteiger charge is -2.15. The Morgan fingerprint density at radius 2 is 1.54 bits per heavy atom. The van der Waals surface area contributed by atoms with Crippen LogP contribution in [-0.4, -0.2) is 93.8 Å². The first-order chi connectivity index (χ1) is 30.2. The summed E-state index contributed by atoms with van der Waals surface area (Å²) in [5.41, 5.74) is 3.75. The van der Waals surface area contributed by atoms with Crippen LogP contribution in [0.3, 0.4) is 0 Å². The van der Waals surface area contributed by atoms with Crippen LogP contribution in [0.15, 0.2) is 103 Å². The maximum atomic E-state index is 13.7. The van der Waals surface area contributed by atoms with Crippen LogP contribution in [0.4, 0.5) is 27.8 Å². The number of aromatic nitrogens is 3. The van der Waals surface area contributed by atoms with E-state index in [4.69, 9.17) is 28.8 Å². The Hall–Kier alpha value is -6.25. The van der Waals surface area contributed by atoms with Crippen LogP contribution in [-0.2, 0) is 30.4 Å². The molecular weight excluding hydrogens is 822 g/mol. The van der Waals surface area contributed by atoms with Gasteiger partial charge >= 0.3 is 6.03 Å². The lowest BCUT2D eigenvalue weighted by Crippen LogP contribution is -2.27. The van der Waals surface area contributed by atoms with E-state index >= 15 is 0 Å². The van der Waals surface area contributed by atoms with Crippen LogP contribution >= 0.6 is 7.14 Å². The van der Waals surface area contributed by atoms with E-state index in [0.29, 0.717) is 91.6 Å². The molecule has 0 bridgehead atoms. The molecule has 0 saturated heterocycles. The molecule has 0 unspecified atom stereocenters. The molecule has 0 spiro atoms. The van der Waals surface area contributed by atoms with Crippen LogP contribution in [0.1, 0.15) is 42.4 Å². The summed E-state index contributed by atoms with van der Waals surface area (Å²) in [6, 6.07) is 29.0. The normalized spacial score (nSPS) is 11.6. The molecule has 332 valence electrons. The Morgan fingerprint density at radius 1 is 0.778 bits per heavy atom. The van der Waals surface area contributed by atoms with E-state index in [1.54, 1.807) is 73.8 Å². The third kappa shape index (κ3) is 13.4. The molecule has 2 aromatic heterocycles. The number of carbonyl (C=O) groups excluding carboxylic acids is 2. The van der Waals surface area contributed by atoms with E-state index in [1.165, 1.54) is 7.11 Å². The number of benzene rings is 4. The zero-order chi connectivity index (χ0) is 45.0. The first-order valence-corrected chi connectivity index (χ1v) is 23.3. The molecule has 0 saturated carbocycles. The molecule has 6 aromatic rings. The number of nitrogens with zero attached hydrogens (tertiary/aromatic N) is 3. The van der Waals surface area contributed by atoms with Gasteiger partial charge in [0.25, 0.3) is 5.91 Å². The van der Waals surface area contributed by atoms with Crippen LogP contribution < -0.4 is 30.7 Å². The molecule has 0 atom stereocenters. The summed E-state index contributed by atoms with van der Waals surface area (Å²) in [6.45, 7) is 12.3. The van der Waals surface area contributed by atoms with E-state index in [0.717, 1.165) is 27.7 Å². The Bertz CT molecular complexity index is 2570. The lowest BCUT2D eigenvalue weighted by atomic mass is 9.92. The van der Waals surface area contributed by atoms with Crippen molar-refractivity contribution >= 4 is 52.9 Å². The highest BCUT2D eigenvalue weighted by Gasteiger charge is 2.23. The van der Waals surface area contributed by atoms with E-state index in [1.807, 2.05) is 54.6 Å². The van der Waals surface area contributed by atoms with E-state index < -0.39 is 13.2 Å². The average Bonchev–Trinajstić information content (AvgIpc) is 3.68. The van der Waals surface area contributed by atoms with Gasteiger partial charge in [-0.05, 0) is 61.4 Å². The fourth-order valence-electron chi connectivity index (χ4n) is 6.54. The highest BCUT2D eigenvalue weighted by Crippen LogP contribution is 2.41. The van der Waals surface area contributed by atoms with E-state index in [9.17, 15) is 14.2 Å². The molecule has 0 fully saturated rings. The van der Waals surface area contributed by atoms with Gasteiger partial charge in [0.2, 0.25) is 0 Å². The highest BCUT2D eigenvalue weighted by molar-refractivity contribution is 7.61. The molecule has 0 radical (unpaired) electrons. The van der Waals surface area contributed by atoms with E-state index in [2.05, 4.69) is 47.0 Å². The number of hydrogen-bond acceptors (Lipinski definition) is 11. The minimum atomic E-state index is -2.31. The monoisotopic (exact) mass is 877 g/mol. The third-order valence-electron chi connectivity index (χ3n) is 9.54. The minimum Gasteiger partial charge on any atom is -0.497 e. The summed E-state index contributed by atoms with van der Waals surface area (Å²) in [5, 5.41) is 18.6. The van der Waals surface area contributed by atoms with Crippen LogP contribution in [0.5, 0.6) is 17.2 Å². The van der Waals surface area contributed by atoms with Crippen LogP contribution in [0, 0.1) is 0 Å². The quantitative estimate of drug-likeness (QED) is 0.0425. The van der Waals surface area contributed by atoms with Gasteiger partial charge in [-0.2, -0.15) is 5.10 Å². The van der Waals surface area contributed by atoms with Crippen molar-refractivity contribution in [2.45, 2.75) is 32.3 Å². The number of urea groups is 1.